The van der Waals surface area contributed by atoms with Crippen molar-refractivity contribution in [3.63, 3.8) is 0 Å². The minimum Gasteiger partial charge on any atom is -0.378 e. The Hall–Kier alpha value is -0.390. The van der Waals surface area contributed by atoms with Crippen LogP contribution in [0.25, 0.3) is 0 Å². The molecule has 0 saturated carbocycles. The van der Waals surface area contributed by atoms with Crippen LogP contribution >= 0.6 is 31.9 Å². The number of anilines is 1. The van der Waals surface area contributed by atoms with Crippen molar-refractivity contribution in [3.05, 3.63) is 27.1 Å². The summed E-state index contributed by atoms with van der Waals surface area (Å²) in [6.07, 6.45) is 3.76. The van der Waals surface area contributed by atoms with Gasteiger partial charge < -0.3 is 10.1 Å². The molecule has 1 heterocycles. The smallest absolute Gasteiger partial charge is 0.224 e. The van der Waals surface area contributed by atoms with Gasteiger partial charge in [0, 0.05) is 22.0 Å². The number of ether oxygens (including phenoxy) is 1. The van der Waals surface area contributed by atoms with E-state index in [0.717, 1.165) is 40.5 Å². The fourth-order valence-corrected chi connectivity index (χ4v) is 2.68. The van der Waals surface area contributed by atoms with Gasteiger partial charge in [0.2, 0.25) is 5.91 Å². The molecule has 5 heteroatoms. The second-order valence-electron chi connectivity index (χ2n) is 4.35. The Balaban J connectivity index is 1.84. The molecular formula is C13H15Br2NO2. The summed E-state index contributed by atoms with van der Waals surface area (Å²) in [5, 5.41) is 2.90. The van der Waals surface area contributed by atoms with E-state index in [-0.39, 0.29) is 12.0 Å². The average molecular weight is 377 g/mol. The van der Waals surface area contributed by atoms with E-state index >= 15 is 0 Å². The Morgan fingerprint density at radius 2 is 2.28 bits per heavy atom. The standard InChI is InChI=1S/C13H15Br2NO2/c14-9-3-5-11(15)12(8-9)16-13(17)6-4-10-2-1-7-18-10/h3,5,8,10H,1-2,4,6-7H2,(H,16,17). The summed E-state index contributed by atoms with van der Waals surface area (Å²) in [6.45, 7) is 0.837. The quantitative estimate of drug-likeness (QED) is 0.858. The zero-order valence-corrected chi connectivity index (χ0v) is 13.1. The predicted molar refractivity (Wildman–Crippen MR) is 78.7 cm³/mol. The van der Waals surface area contributed by atoms with Crippen LogP contribution in [0.3, 0.4) is 0 Å². The molecule has 1 aromatic rings. The maximum Gasteiger partial charge on any atom is 0.224 e. The van der Waals surface area contributed by atoms with Crippen molar-refractivity contribution in [3.8, 4) is 0 Å². The van der Waals surface area contributed by atoms with Gasteiger partial charge in [0.05, 0.1) is 11.8 Å². The molecule has 1 atom stereocenters. The van der Waals surface area contributed by atoms with Crippen LogP contribution in [-0.2, 0) is 9.53 Å². The average Bonchev–Trinajstić information content (AvgIpc) is 2.84. The molecule has 0 aromatic heterocycles. The van der Waals surface area contributed by atoms with Crippen LogP contribution in [-0.4, -0.2) is 18.6 Å². The summed E-state index contributed by atoms with van der Waals surface area (Å²) in [7, 11) is 0. The monoisotopic (exact) mass is 375 g/mol. The number of benzene rings is 1. The Morgan fingerprint density at radius 1 is 1.44 bits per heavy atom. The Labute approximate surface area is 124 Å². The van der Waals surface area contributed by atoms with Crippen LogP contribution < -0.4 is 5.32 Å². The van der Waals surface area contributed by atoms with Crippen LogP contribution in [0.1, 0.15) is 25.7 Å². The molecule has 1 aliphatic rings. The summed E-state index contributed by atoms with van der Waals surface area (Å²) < 4.78 is 7.33. The largest absolute Gasteiger partial charge is 0.378 e. The van der Waals surface area contributed by atoms with Crippen molar-refractivity contribution in [2.75, 3.05) is 11.9 Å². The molecule has 3 nitrogen and oxygen atoms in total. The predicted octanol–water partition coefficient (Wildman–Crippen LogP) is 4.11. The van der Waals surface area contributed by atoms with E-state index in [0.29, 0.717) is 6.42 Å². The topological polar surface area (TPSA) is 38.3 Å². The minimum absolute atomic E-state index is 0.0318. The Kier molecular flexibility index (Phi) is 5.21. The molecule has 0 spiro atoms. The van der Waals surface area contributed by atoms with Crippen molar-refractivity contribution >= 4 is 43.5 Å². The molecule has 0 aliphatic carbocycles. The Bertz CT molecular complexity index is 431. The molecule has 0 bridgehead atoms. The second kappa shape index (κ2) is 6.68. The van der Waals surface area contributed by atoms with Crippen molar-refractivity contribution in [2.24, 2.45) is 0 Å². The van der Waals surface area contributed by atoms with E-state index in [1.807, 2.05) is 18.2 Å². The number of rotatable bonds is 4. The van der Waals surface area contributed by atoms with Crippen LogP contribution in [0.4, 0.5) is 5.69 Å². The van der Waals surface area contributed by atoms with Gasteiger partial charge in [-0.25, -0.2) is 0 Å². The van der Waals surface area contributed by atoms with Crippen molar-refractivity contribution < 1.29 is 9.53 Å². The summed E-state index contributed by atoms with van der Waals surface area (Å²) >= 11 is 6.80. The maximum atomic E-state index is 11.8. The first-order chi connectivity index (χ1) is 8.65. The highest BCUT2D eigenvalue weighted by Gasteiger charge is 2.17. The minimum atomic E-state index is 0.0318. The summed E-state index contributed by atoms with van der Waals surface area (Å²) in [5.74, 6) is 0.0318. The van der Waals surface area contributed by atoms with Gasteiger partial charge in [-0.1, -0.05) is 15.9 Å². The van der Waals surface area contributed by atoms with Crippen molar-refractivity contribution in [2.45, 2.75) is 31.8 Å². The van der Waals surface area contributed by atoms with Gasteiger partial charge in [0.25, 0.3) is 0 Å². The van der Waals surface area contributed by atoms with Crippen molar-refractivity contribution in [1.29, 1.82) is 0 Å². The third kappa shape index (κ3) is 4.07. The Morgan fingerprint density at radius 3 is 3.00 bits per heavy atom. The summed E-state index contributed by atoms with van der Waals surface area (Å²) in [4.78, 5) is 11.8. The molecule has 1 unspecified atom stereocenters. The van der Waals surface area contributed by atoms with Gasteiger partial charge in [-0.3, -0.25) is 4.79 Å². The van der Waals surface area contributed by atoms with Crippen LogP contribution in [0, 0.1) is 0 Å². The number of halogens is 2. The zero-order chi connectivity index (χ0) is 13.0. The van der Waals surface area contributed by atoms with Crippen LogP contribution in [0.15, 0.2) is 27.1 Å². The first kappa shape index (κ1) is 14.0. The lowest BCUT2D eigenvalue weighted by Gasteiger charge is -2.10. The highest BCUT2D eigenvalue weighted by Crippen LogP contribution is 2.26. The first-order valence-corrected chi connectivity index (χ1v) is 7.60. The second-order valence-corrected chi connectivity index (χ2v) is 6.12. The van der Waals surface area contributed by atoms with Gasteiger partial charge in [-0.2, -0.15) is 0 Å². The number of carbonyl (C=O) groups is 1. The van der Waals surface area contributed by atoms with Gasteiger partial charge in [0.1, 0.15) is 0 Å². The third-order valence-electron chi connectivity index (χ3n) is 2.92. The number of hydrogen-bond acceptors (Lipinski definition) is 2. The molecule has 1 fully saturated rings. The fourth-order valence-electron chi connectivity index (χ4n) is 1.97. The first-order valence-electron chi connectivity index (χ1n) is 6.01. The fraction of sp³-hybridized carbons (Fsp3) is 0.462. The SMILES string of the molecule is O=C(CCC1CCCO1)Nc1cc(Br)ccc1Br. The van der Waals surface area contributed by atoms with E-state index in [9.17, 15) is 4.79 Å². The number of nitrogens with one attached hydrogen (secondary N) is 1. The van der Waals surface area contributed by atoms with E-state index in [2.05, 4.69) is 37.2 Å². The van der Waals surface area contributed by atoms with Crippen molar-refractivity contribution in [1.82, 2.24) is 0 Å². The normalized spacial score (nSPS) is 18.9. The summed E-state index contributed by atoms with van der Waals surface area (Å²) in [5.41, 5.74) is 0.793. The maximum absolute atomic E-state index is 11.8. The van der Waals surface area contributed by atoms with Crippen LogP contribution in [0.5, 0.6) is 0 Å². The van der Waals surface area contributed by atoms with E-state index in [1.54, 1.807) is 0 Å². The van der Waals surface area contributed by atoms with E-state index < -0.39 is 0 Å². The molecule has 1 N–H and O–H groups in total. The molecule has 1 aliphatic heterocycles. The lowest BCUT2D eigenvalue weighted by molar-refractivity contribution is -0.116. The molecule has 0 radical (unpaired) electrons. The van der Waals surface area contributed by atoms with E-state index in [1.165, 1.54) is 0 Å². The molecular weight excluding hydrogens is 362 g/mol. The van der Waals surface area contributed by atoms with Gasteiger partial charge in [-0.15, -0.1) is 0 Å². The zero-order valence-electron chi connectivity index (χ0n) is 9.92. The molecule has 18 heavy (non-hydrogen) atoms. The number of hydrogen-bond donors (Lipinski definition) is 1. The molecule has 1 amide bonds. The third-order valence-corrected chi connectivity index (χ3v) is 4.10. The molecule has 1 aromatic carbocycles. The molecule has 1 saturated heterocycles. The highest BCUT2D eigenvalue weighted by molar-refractivity contribution is 9.11. The number of amides is 1. The van der Waals surface area contributed by atoms with Gasteiger partial charge >= 0.3 is 0 Å². The molecule has 98 valence electrons. The lowest BCUT2D eigenvalue weighted by Crippen LogP contribution is -2.15. The highest BCUT2D eigenvalue weighted by atomic mass is 79.9. The van der Waals surface area contributed by atoms with Gasteiger partial charge in [-0.05, 0) is 53.4 Å². The summed E-state index contributed by atoms with van der Waals surface area (Å²) in [6, 6.07) is 5.71. The van der Waals surface area contributed by atoms with Gasteiger partial charge in [0.15, 0.2) is 0 Å². The lowest BCUT2D eigenvalue weighted by atomic mass is 10.1. The van der Waals surface area contributed by atoms with Crippen LogP contribution in [0.2, 0.25) is 0 Å². The van der Waals surface area contributed by atoms with E-state index in [4.69, 9.17) is 4.74 Å². The number of carbonyl (C=O) groups excluding carboxylic acids is 1. The molecule has 2 rings (SSSR count).